The molecule has 1 aromatic rings. The summed E-state index contributed by atoms with van der Waals surface area (Å²) in [5.41, 5.74) is 0.801. The van der Waals surface area contributed by atoms with Gasteiger partial charge in [-0.25, -0.2) is 9.97 Å². The van der Waals surface area contributed by atoms with Gasteiger partial charge in [0.1, 0.15) is 11.3 Å². The molecule has 0 saturated carbocycles. The number of nitrogens with zero attached hydrogens (tertiary/aromatic N) is 2. The average molecular weight is 271 g/mol. The molecule has 1 heterocycles. The molecule has 1 atom stereocenters. The van der Waals surface area contributed by atoms with Crippen molar-refractivity contribution in [3.8, 4) is 0 Å². The first-order valence-corrected chi connectivity index (χ1v) is 6.51. The molecule has 0 N–H and O–H groups in total. The summed E-state index contributed by atoms with van der Waals surface area (Å²) in [5.74, 6) is 0.655. The smallest absolute Gasteiger partial charge is 0.159 e. The van der Waals surface area contributed by atoms with E-state index < -0.39 is 0 Å². The Morgan fingerprint density at radius 3 is 2.06 bits per heavy atom. The van der Waals surface area contributed by atoms with Gasteiger partial charge in [0.15, 0.2) is 5.82 Å². The van der Waals surface area contributed by atoms with Crippen LogP contribution in [-0.4, -0.2) is 17.1 Å². The first kappa shape index (κ1) is 15.4. The highest BCUT2D eigenvalue weighted by molar-refractivity contribution is 6.29. The molecule has 0 aliphatic rings. The van der Waals surface area contributed by atoms with Crippen LogP contribution in [0, 0.1) is 5.41 Å². The van der Waals surface area contributed by atoms with E-state index in [2.05, 4.69) is 51.5 Å². The van der Waals surface area contributed by atoms with Crippen molar-refractivity contribution < 1.29 is 4.74 Å². The summed E-state index contributed by atoms with van der Waals surface area (Å²) in [6.07, 6.45) is -0.169. The lowest BCUT2D eigenvalue weighted by Crippen LogP contribution is -2.24. The number of methoxy groups -OCH3 is 1. The van der Waals surface area contributed by atoms with Gasteiger partial charge >= 0.3 is 0 Å². The van der Waals surface area contributed by atoms with Crippen LogP contribution >= 0.6 is 11.6 Å². The molecular weight excluding hydrogens is 248 g/mol. The van der Waals surface area contributed by atoms with Crippen LogP contribution in [0.3, 0.4) is 0 Å². The Bertz CT molecular complexity index is 419. The molecule has 0 saturated heterocycles. The van der Waals surface area contributed by atoms with E-state index in [9.17, 15) is 0 Å². The van der Waals surface area contributed by atoms with Crippen molar-refractivity contribution in [1.82, 2.24) is 9.97 Å². The lowest BCUT2D eigenvalue weighted by Gasteiger charge is -2.29. The fourth-order valence-corrected chi connectivity index (χ4v) is 1.97. The second-order valence-corrected chi connectivity index (χ2v) is 7.05. The predicted molar refractivity (Wildman–Crippen MR) is 74.9 cm³/mol. The van der Waals surface area contributed by atoms with Crippen LogP contribution in [0.25, 0.3) is 0 Å². The van der Waals surface area contributed by atoms with Gasteiger partial charge in [-0.3, -0.25) is 0 Å². The lowest BCUT2D eigenvalue weighted by molar-refractivity contribution is 0.00839. The van der Waals surface area contributed by atoms with E-state index in [0.29, 0.717) is 11.0 Å². The van der Waals surface area contributed by atoms with E-state index in [-0.39, 0.29) is 16.9 Å². The highest BCUT2D eigenvalue weighted by Crippen LogP contribution is 2.35. The number of ether oxygens (including phenoxy) is 1. The number of rotatable bonds is 2. The zero-order chi connectivity index (χ0) is 14.1. The molecule has 4 heteroatoms. The summed E-state index contributed by atoms with van der Waals surface area (Å²) >= 11 is 6.10. The number of hydrogen-bond donors (Lipinski definition) is 0. The largest absolute Gasteiger partial charge is 0.373 e. The van der Waals surface area contributed by atoms with Crippen molar-refractivity contribution >= 4 is 11.6 Å². The van der Waals surface area contributed by atoms with Crippen molar-refractivity contribution in [1.29, 1.82) is 0 Å². The molecule has 0 aromatic carbocycles. The van der Waals surface area contributed by atoms with E-state index >= 15 is 0 Å². The van der Waals surface area contributed by atoms with Gasteiger partial charge < -0.3 is 4.74 Å². The average Bonchev–Trinajstić information content (AvgIpc) is 2.13. The van der Waals surface area contributed by atoms with Gasteiger partial charge in [-0.15, -0.1) is 0 Å². The first-order chi connectivity index (χ1) is 8.05. The van der Waals surface area contributed by atoms with Crippen LogP contribution in [0.2, 0.25) is 5.15 Å². The van der Waals surface area contributed by atoms with E-state index in [1.807, 2.05) is 6.07 Å². The van der Waals surface area contributed by atoms with Crippen LogP contribution in [0.15, 0.2) is 6.07 Å². The van der Waals surface area contributed by atoms with E-state index in [1.54, 1.807) is 7.11 Å². The number of aromatic nitrogens is 2. The molecule has 102 valence electrons. The standard InChI is InChI=1S/C14H23ClN2O/c1-13(2,3)9-8-10(15)17-12(16-9)11(18-7)14(4,5)6/h8,11H,1-7H3. The van der Waals surface area contributed by atoms with Crippen LogP contribution in [0.5, 0.6) is 0 Å². The van der Waals surface area contributed by atoms with Crippen molar-refractivity contribution in [3.05, 3.63) is 22.7 Å². The minimum absolute atomic E-state index is 0.0580. The van der Waals surface area contributed by atoms with Crippen LogP contribution < -0.4 is 0 Å². The van der Waals surface area contributed by atoms with Gasteiger partial charge in [0.05, 0.1) is 5.69 Å². The van der Waals surface area contributed by atoms with Crippen molar-refractivity contribution in [2.45, 2.75) is 53.1 Å². The highest BCUT2D eigenvalue weighted by atomic mass is 35.5. The molecule has 1 rings (SSSR count). The molecule has 1 aromatic heterocycles. The number of halogens is 1. The Labute approximate surface area is 115 Å². The minimum atomic E-state index is -0.169. The SMILES string of the molecule is COC(c1nc(Cl)cc(C(C)(C)C)n1)C(C)(C)C. The Balaban J connectivity index is 3.29. The molecule has 0 aliphatic carbocycles. The normalized spacial score (nSPS) is 14.7. The monoisotopic (exact) mass is 270 g/mol. The van der Waals surface area contributed by atoms with Gasteiger partial charge in [0, 0.05) is 12.5 Å². The fraction of sp³-hybridized carbons (Fsp3) is 0.714. The molecule has 18 heavy (non-hydrogen) atoms. The lowest BCUT2D eigenvalue weighted by atomic mass is 9.87. The van der Waals surface area contributed by atoms with Gasteiger partial charge in [0.2, 0.25) is 0 Å². The topological polar surface area (TPSA) is 35.0 Å². The fourth-order valence-electron chi connectivity index (χ4n) is 1.78. The Kier molecular flexibility index (Phi) is 4.39. The molecule has 3 nitrogen and oxygen atoms in total. The molecule has 0 spiro atoms. The summed E-state index contributed by atoms with van der Waals surface area (Å²) in [7, 11) is 1.68. The second-order valence-electron chi connectivity index (χ2n) is 6.67. The summed E-state index contributed by atoms with van der Waals surface area (Å²) in [5, 5.41) is 0.469. The van der Waals surface area contributed by atoms with Gasteiger partial charge in [-0.2, -0.15) is 0 Å². The minimum Gasteiger partial charge on any atom is -0.373 e. The highest BCUT2D eigenvalue weighted by Gasteiger charge is 2.30. The molecular formula is C14H23ClN2O. The Hall–Kier alpha value is -0.670. The van der Waals surface area contributed by atoms with Gasteiger partial charge in [-0.1, -0.05) is 53.1 Å². The maximum Gasteiger partial charge on any atom is 0.159 e. The van der Waals surface area contributed by atoms with Crippen molar-refractivity contribution in [3.63, 3.8) is 0 Å². The molecule has 0 radical (unpaired) electrons. The molecule has 0 fully saturated rings. The third-order valence-electron chi connectivity index (χ3n) is 2.74. The maximum absolute atomic E-state index is 6.10. The molecule has 1 unspecified atom stereocenters. The van der Waals surface area contributed by atoms with Crippen molar-refractivity contribution in [2.75, 3.05) is 7.11 Å². The number of hydrogen-bond acceptors (Lipinski definition) is 3. The third-order valence-corrected chi connectivity index (χ3v) is 2.93. The summed E-state index contributed by atoms with van der Waals surface area (Å²) in [6.45, 7) is 12.6. The zero-order valence-electron chi connectivity index (χ0n) is 12.3. The van der Waals surface area contributed by atoms with Crippen LogP contribution in [0.4, 0.5) is 0 Å². The molecule has 0 bridgehead atoms. The summed E-state index contributed by atoms with van der Waals surface area (Å²) in [4.78, 5) is 8.94. The summed E-state index contributed by atoms with van der Waals surface area (Å²) < 4.78 is 5.54. The zero-order valence-corrected chi connectivity index (χ0v) is 13.1. The Morgan fingerprint density at radius 1 is 1.11 bits per heavy atom. The Morgan fingerprint density at radius 2 is 1.67 bits per heavy atom. The summed E-state index contributed by atoms with van der Waals surface area (Å²) in [6, 6.07) is 1.82. The van der Waals surface area contributed by atoms with Crippen molar-refractivity contribution in [2.24, 2.45) is 5.41 Å². The van der Waals surface area contributed by atoms with Gasteiger partial charge in [0.25, 0.3) is 0 Å². The first-order valence-electron chi connectivity index (χ1n) is 6.13. The molecule has 0 aliphatic heterocycles. The predicted octanol–water partition coefficient (Wildman–Crippen LogP) is 4.16. The quantitative estimate of drug-likeness (QED) is 0.757. The maximum atomic E-state index is 6.10. The second kappa shape index (κ2) is 5.14. The van der Waals surface area contributed by atoms with Crippen LogP contribution in [-0.2, 0) is 10.2 Å². The van der Waals surface area contributed by atoms with E-state index in [1.165, 1.54) is 0 Å². The third kappa shape index (κ3) is 3.66. The van der Waals surface area contributed by atoms with E-state index in [0.717, 1.165) is 5.69 Å². The van der Waals surface area contributed by atoms with E-state index in [4.69, 9.17) is 16.3 Å². The van der Waals surface area contributed by atoms with Crippen LogP contribution in [0.1, 0.15) is 59.2 Å². The molecule has 0 amide bonds. The van der Waals surface area contributed by atoms with Gasteiger partial charge in [-0.05, 0) is 11.5 Å².